The molecule has 6 heteroatoms. The van der Waals surface area contributed by atoms with Crippen molar-refractivity contribution in [3.05, 3.63) is 76.2 Å². The number of aromatic nitrogens is 1. The number of ether oxygens (including phenoxy) is 1. The van der Waals surface area contributed by atoms with Gasteiger partial charge in [0.25, 0.3) is 0 Å². The number of methoxy groups -OCH3 is 1. The quantitative estimate of drug-likeness (QED) is 0.684. The van der Waals surface area contributed by atoms with E-state index in [4.69, 9.17) is 4.74 Å². The second-order valence-corrected chi connectivity index (χ2v) is 7.08. The van der Waals surface area contributed by atoms with Crippen LogP contribution in [0.15, 0.2) is 60.1 Å². The molecule has 0 radical (unpaired) electrons. The Kier molecular flexibility index (Phi) is 5.96. The molecule has 0 saturated carbocycles. The first kappa shape index (κ1) is 18.1. The first-order valence-electron chi connectivity index (χ1n) is 8.44. The lowest BCUT2D eigenvalue weighted by molar-refractivity contribution is 0.191. The van der Waals surface area contributed by atoms with E-state index in [2.05, 4.69) is 11.4 Å². The molecule has 2 amide bonds. The summed E-state index contributed by atoms with van der Waals surface area (Å²) in [6.45, 7) is 1.64. The Balaban J connectivity index is 1.66. The maximum atomic E-state index is 12.8. The molecule has 0 bridgehead atoms. The van der Waals surface area contributed by atoms with Gasteiger partial charge in [0.05, 0.1) is 20.2 Å². The van der Waals surface area contributed by atoms with Gasteiger partial charge in [-0.2, -0.15) is 0 Å². The number of rotatable bonds is 7. The van der Waals surface area contributed by atoms with Gasteiger partial charge in [-0.25, -0.2) is 4.79 Å². The van der Waals surface area contributed by atoms with Crippen LogP contribution in [-0.4, -0.2) is 22.6 Å². The fourth-order valence-corrected chi connectivity index (χ4v) is 3.40. The van der Waals surface area contributed by atoms with Crippen molar-refractivity contribution < 1.29 is 9.53 Å². The van der Waals surface area contributed by atoms with E-state index in [-0.39, 0.29) is 6.03 Å². The molecule has 0 spiro atoms. The number of amides is 2. The Labute approximate surface area is 157 Å². The van der Waals surface area contributed by atoms with E-state index in [0.29, 0.717) is 19.6 Å². The van der Waals surface area contributed by atoms with E-state index in [1.807, 2.05) is 70.6 Å². The van der Waals surface area contributed by atoms with Gasteiger partial charge >= 0.3 is 6.03 Å². The first-order valence-corrected chi connectivity index (χ1v) is 9.32. The number of benzene rings is 1. The second kappa shape index (κ2) is 8.58. The molecule has 3 aromatic rings. The van der Waals surface area contributed by atoms with Gasteiger partial charge in [-0.05, 0) is 41.3 Å². The number of carbonyl (C=O) groups is 1. The van der Waals surface area contributed by atoms with Gasteiger partial charge in [0.15, 0.2) is 0 Å². The predicted molar refractivity (Wildman–Crippen MR) is 104 cm³/mol. The summed E-state index contributed by atoms with van der Waals surface area (Å²) in [5.41, 5.74) is 2.13. The number of aryl methyl sites for hydroxylation is 1. The van der Waals surface area contributed by atoms with Crippen molar-refractivity contribution in [3.63, 3.8) is 0 Å². The van der Waals surface area contributed by atoms with Gasteiger partial charge in [0, 0.05) is 30.4 Å². The molecule has 0 aliphatic rings. The highest BCUT2D eigenvalue weighted by Crippen LogP contribution is 2.15. The SMILES string of the molecule is COc1ccc(CNC(=O)N(Cc2cccs2)Cc2cccn2C)cc1. The largest absolute Gasteiger partial charge is 0.497 e. The molecule has 0 fully saturated rings. The second-order valence-electron chi connectivity index (χ2n) is 6.05. The molecule has 1 N–H and O–H groups in total. The Bertz CT molecular complexity index is 825. The Morgan fingerprint density at radius 1 is 1.15 bits per heavy atom. The van der Waals surface area contributed by atoms with Crippen molar-refractivity contribution in [3.8, 4) is 5.75 Å². The van der Waals surface area contributed by atoms with Gasteiger partial charge in [-0.15, -0.1) is 11.3 Å². The van der Waals surface area contributed by atoms with Gasteiger partial charge in [0.2, 0.25) is 0 Å². The van der Waals surface area contributed by atoms with Crippen LogP contribution in [0.1, 0.15) is 16.1 Å². The average Bonchev–Trinajstić information content (AvgIpc) is 3.31. The lowest BCUT2D eigenvalue weighted by atomic mass is 10.2. The van der Waals surface area contributed by atoms with Gasteiger partial charge in [-0.1, -0.05) is 18.2 Å². The van der Waals surface area contributed by atoms with Crippen LogP contribution >= 0.6 is 11.3 Å². The van der Waals surface area contributed by atoms with Gasteiger partial charge in [-0.3, -0.25) is 0 Å². The zero-order valence-corrected chi connectivity index (χ0v) is 15.8. The number of hydrogen-bond donors (Lipinski definition) is 1. The number of thiophene rings is 1. The summed E-state index contributed by atoms with van der Waals surface area (Å²) in [4.78, 5) is 15.8. The van der Waals surface area contributed by atoms with Gasteiger partial charge in [0.1, 0.15) is 5.75 Å². The highest BCUT2D eigenvalue weighted by Gasteiger charge is 2.16. The Morgan fingerprint density at radius 3 is 2.58 bits per heavy atom. The van der Waals surface area contributed by atoms with E-state index in [0.717, 1.165) is 17.0 Å². The molecule has 5 nitrogen and oxygen atoms in total. The number of carbonyl (C=O) groups excluding carboxylic acids is 1. The third-order valence-electron chi connectivity index (χ3n) is 4.22. The predicted octanol–water partition coefficient (Wildman–Crippen LogP) is 4.01. The van der Waals surface area contributed by atoms with Crippen LogP contribution in [0.3, 0.4) is 0 Å². The molecule has 0 atom stereocenters. The summed E-state index contributed by atoms with van der Waals surface area (Å²) in [7, 11) is 3.64. The van der Waals surface area contributed by atoms with Crippen LogP contribution in [0.4, 0.5) is 4.79 Å². The standard InChI is InChI=1S/C20H23N3O2S/c1-22-11-3-5-17(22)14-23(15-19-6-4-12-26-19)20(24)21-13-16-7-9-18(25-2)10-8-16/h3-12H,13-15H2,1-2H3,(H,21,24). The van der Waals surface area contributed by atoms with Crippen molar-refractivity contribution in [1.82, 2.24) is 14.8 Å². The molecule has 2 aromatic heterocycles. The highest BCUT2D eigenvalue weighted by atomic mass is 32.1. The molecule has 0 unspecified atom stereocenters. The summed E-state index contributed by atoms with van der Waals surface area (Å²) in [5.74, 6) is 0.808. The normalized spacial score (nSPS) is 10.5. The maximum Gasteiger partial charge on any atom is 0.318 e. The average molecular weight is 369 g/mol. The van der Waals surface area contributed by atoms with Gasteiger partial charge < -0.3 is 19.5 Å². The number of nitrogens with zero attached hydrogens (tertiary/aromatic N) is 2. The smallest absolute Gasteiger partial charge is 0.318 e. The fourth-order valence-electron chi connectivity index (χ4n) is 2.68. The Hall–Kier alpha value is -2.73. The lowest BCUT2D eigenvalue weighted by Crippen LogP contribution is -2.39. The molecule has 3 rings (SSSR count). The molecule has 0 saturated heterocycles. The molecule has 0 aliphatic carbocycles. The fraction of sp³-hybridized carbons (Fsp3) is 0.250. The minimum absolute atomic E-state index is 0.0737. The maximum absolute atomic E-state index is 12.8. The minimum Gasteiger partial charge on any atom is -0.497 e. The van der Waals surface area contributed by atoms with Crippen LogP contribution in [0.2, 0.25) is 0 Å². The zero-order valence-electron chi connectivity index (χ0n) is 15.0. The first-order chi connectivity index (χ1) is 12.7. The van der Waals surface area contributed by atoms with Crippen molar-refractivity contribution in [2.75, 3.05) is 7.11 Å². The summed E-state index contributed by atoms with van der Waals surface area (Å²) < 4.78 is 7.20. The van der Waals surface area contributed by atoms with Crippen molar-refractivity contribution in [2.24, 2.45) is 7.05 Å². The zero-order chi connectivity index (χ0) is 18.4. The molecule has 1 aromatic carbocycles. The number of hydrogen-bond acceptors (Lipinski definition) is 3. The van der Waals surface area contributed by atoms with Crippen molar-refractivity contribution in [1.29, 1.82) is 0 Å². The third-order valence-corrected chi connectivity index (χ3v) is 5.08. The van der Waals surface area contributed by atoms with E-state index < -0.39 is 0 Å². The molecule has 26 heavy (non-hydrogen) atoms. The third kappa shape index (κ3) is 4.67. The minimum atomic E-state index is -0.0737. The monoisotopic (exact) mass is 369 g/mol. The molecule has 2 heterocycles. The topological polar surface area (TPSA) is 46.5 Å². The molecule has 136 valence electrons. The summed E-state index contributed by atoms with van der Waals surface area (Å²) in [6, 6.07) is 15.7. The number of urea groups is 1. The molecular weight excluding hydrogens is 346 g/mol. The highest BCUT2D eigenvalue weighted by molar-refractivity contribution is 7.09. The summed E-state index contributed by atoms with van der Waals surface area (Å²) in [6.07, 6.45) is 1.99. The summed E-state index contributed by atoms with van der Waals surface area (Å²) in [5, 5.41) is 5.06. The van der Waals surface area contributed by atoms with Crippen molar-refractivity contribution >= 4 is 17.4 Å². The molecule has 0 aliphatic heterocycles. The van der Waals surface area contributed by atoms with Crippen LogP contribution < -0.4 is 10.1 Å². The number of nitrogens with one attached hydrogen (secondary N) is 1. The summed E-state index contributed by atoms with van der Waals surface area (Å²) >= 11 is 1.66. The van der Waals surface area contributed by atoms with E-state index >= 15 is 0 Å². The van der Waals surface area contributed by atoms with Crippen LogP contribution in [0.5, 0.6) is 5.75 Å². The van der Waals surface area contributed by atoms with E-state index in [1.54, 1.807) is 18.4 Å². The van der Waals surface area contributed by atoms with Crippen LogP contribution in [-0.2, 0) is 26.7 Å². The molecular formula is C20H23N3O2S. The van der Waals surface area contributed by atoms with Crippen LogP contribution in [0.25, 0.3) is 0 Å². The Morgan fingerprint density at radius 2 is 1.96 bits per heavy atom. The van der Waals surface area contributed by atoms with Crippen LogP contribution in [0, 0.1) is 0 Å². The van der Waals surface area contributed by atoms with E-state index in [9.17, 15) is 4.79 Å². The van der Waals surface area contributed by atoms with Crippen molar-refractivity contribution in [2.45, 2.75) is 19.6 Å². The van der Waals surface area contributed by atoms with E-state index in [1.165, 1.54) is 4.88 Å². The lowest BCUT2D eigenvalue weighted by Gasteiger charge is -2.23.